The van der Waals surface area contributed by atoms with Crippen LogP contribution < -0.4 is 5.32 Å². The molecule has 0 radical (unpaired) electrons. The number of rotatable bonds is 6. The second-order valence-electron chi connectivity index (χ2n) is 5.96. The fraction of sp³-hybridized carbons (Fsp3) is 0.500. The fourth-order valence-electron chi connectivity index (χ4n) is 3.13. The maximum absolute atomic E-state index is 4.49. The average molecular weight is 268 g/mol. The Morgan fingerprint density at radius 3 is 2.90 bits per heavy atom. The highest BCUT2D eigenvalue weighted by atomic mass is 14.9. The second kappa shape index (κ2) is 6.36. The van der Waals surface area contributed by atoms with Crippen molar-refractivity contribution in [2.75, 3.05) is 6.54 Å². The first-order valence-electron chi connectivity index (χ1n) is 7.95. The van der Waals surface area contributed by atoms with Crippen LogP contribution in [0, 0.1) is 5.92 Å². The second-order valence-corrected chi connectivity index (χ2v) is 5.96. The van der Waals surface area contributed by atoms with Crippen LogP contribution in [0.25, 0.3) is 10.9 Å². The lowest BCUT2D eigenvalue weighted by molar-refractivity contribution is 0.262. The van der Waals surface area contributed by atoms with Gasteiger partial charge in [0.05, 0.1) is 5.52 Å². The monoisotopic (exact) mass is 268 g/mol. The molecule has 2 heteroatoms. The zero-order chi connectivity index (χ0) is 13.8. The van der Waals surface area contributed by atoms with Crippen LogP contribution in [0.1, 0.15) is 50.6 Å². The normalized spacial score (nSPS) is 17.1. The van der Waals surface area contributed by atoms with E-state index in [9.17, 15) is 0 Å². The molecule has 2 aromatic rings. The van der Waals surface area contributed by atoms with Crippen LogP contribution in [0.3, 0.4) is 0 Å². The Balaban J connectivity index is 1.90. The third kappa shape index (κ3) is 2.85. The summed E-state index contributed by atoms with van der Waals surface area (Å²) >= 11 is 0. The number of fused-ring (bicyclic) bond motifs is 1. The molecule has 1 fully saturated rings. The van der Waals surface area contributed by atoms with Gasteiger partial charge in [-0.3, -0.25) is 4.98 Å². The van der Waals surface area contributed by atoms with Gasteiger partial charge in [-0.2, -0.15) is 0 Å². The Hall–Kier alpha value is -1.41. The topological polar surface area (TPSA) is 24.9 Å². The first kappa shape index (κ1) is 13.6. The van der Waals surface area contributed by atoms with Gasteiger partial charge in [0.25, 0.3) is 0 Å². The number of hydrogen-bond acceptors (Lipinski definition) is 2. The van der Waals surface area contributed by atoms with Gasteiger partial charge in [0.15, 0.2) is 0 Å². The molecule has 1 aromatic heterocycles. The highest BCUT2D eigenvalue weighted by Gasteiger charge is 2.23. The molecule has 1 aliphatic rings. The van der Waals surface area contributed by atoms with Gasteiger partial charge >= 0.3 is 0 Å². The number of hydrogen-bond donors (Lipinski definition) is 1. The molecule has 1 atom stereocenters. The number of nitrogens with one attached hydrogen (secondary N) is 1. The summed E-state index contributed by atoms with van der Waals surface area (Å²) in [4.78, 5) is 4.49. The minimum Gasteiger partial charge on any atom is -0.310 e. The molecule has 1 aromatic carbocycles. The molecule has 0 amide bonds. The minimum absolute atomic E-state index is 0.480. The quantitative estimate of drug-likeness (QED) is 0.836. The Bertz CT molecular complexity index is 555. The highest BCUT2D eigenvalue weighted by molar-refractivity contribution is 5.82. The molecular weight excluding hydrogens is 244 g/mol. The summed E-state index contributed by atoms with van der Waals surface area (Å²) < 4.78 is 0. The van der Waals surface area contributed by atoms with Crippen molar-refractivity contribution in [3.63, 3.8) is 0 Å². The van der Waals surface area contributed by atoms with E-state index < -0.39 is 0 Å². The summed E-state index contributed by atoms with van der Waals surface area (Å²) in [6.45, 7) is 3.33. The summed E-state index contributed by atoms with van der Waals surface area (Å²) in [6.07, 6.45) is 8.58. The predicted octanol–water partition coefficient (Wildman–Crippen LogP) is 4.47. The van der Waals surface area contributed by atoms with Gasteiger partial charge in [-0.1, -0.05) is 44.4 Å². The van der Waals surface area contributed by atoms with Crippen LogP contribution in [0.2, 0.25) is 0 Å². The lowest BCUT2D eigenvalue weighted by Crippen LogP contribution is -2.26. The summed E-state index contributed by atoms with van der Waals surface area (Å²) in [5, 5.41) is 5.06. The number of nitrogens with zero attached hydrogens (tertiary/aromatic N) is 1. The van der Waals surface area contributed by atoms with Crippen molar-refractivity contribution >= 4 is 10.9 Å². The maximum atomic E-state index is 4.49. The predicted molar refractivity (Wildman–Crippen MR) is 84.7 cm³/mol. The van der Waals surface area contributed by atoms with Gasteiger partial charge in [-0.05, 0) is 43.0 Å². The zero-order valence-electron chi connectivity index (χ0n) is 12.3. The number of benzene rings is 1. The molecule has 106 valence electrons. The third-order valence-electron chi connectivity index (χ3n) is 4.49. The molecule has 1 heterocycles. The largest absolute Gasteiger partial charge is 0.310 e. The van der Waals surface area contributed by atoms with Gasteiger partial charge < -0.3 is 5.32 Å². The first-order chi connectivity index (χ1) is 9.88. The molecular formula is C18H24N2. The van der Waals surface area contributed by atoms with E-state index in [1.165, 1.54) is 43.1 Å². The van der Waals surface area contributed by atoms with Crippen LogP contribution in [-0.2, 0) is 0 Å². The van der Waals surface area contributed by atoms with Crippen molar-refractivity contribution in [1.29, 1.82) is 0 Å². The molecule has 0 spiro atoms. The van der Waals surface area contributed by atoms with Crippen LogP contribution in [0.4, 0.5) is 0 Å². The van der Waals surface area contributed by atoms with Crippen LogP contribution in [-0.4, -0.2) is 11.5 Å². The molecule has 3 rings (SSSR count). The molecule has 20 heavy (non-hydrogen) atoms. The Labute approximate surface area is 121 Å². The number of pyridine rings is 1. The van der Waals surface area contributed by atoms with E-state index in [-0.39, 0.29) is 0 Å². The van der Waals surface area contributed by atoms with Gasteiger partial charge in [0, 0.05) is 17.6 Å². The van der Waals surface area contributed by atoms with Gasteiger partial charge in [-0.25, -0.2) is 0 Å². The van der Waals surface area contributed by atoms with Crippen molar-refractivity contribution in [2.45, 2.75) is 45.1 Å². The standard InChI is InChI=1S/C18H24N2/c1-2-11-19-18(13-14-6-3-7-14)16-8-4-10-17-15(16)9-5-12-20-17/h4-5,8-10,12,14,18-19H,2-3,6-7,11,13H2,1H3. The molecule has 0 saturated heterocycles. The van der Waals surface area contributed by atoms with E-state index in [0.29, 0.717) is 6.04 Å². The molecule has 0 aliphatic heterocycles. The van der Waals surface area contributed by atoms with E-state index in [0.717, 1.165) is 18.0 Å². The van der Waals surface area contributed by atoms with Crippen LogP contribution in [0.15, 0.2) is 36.5 Å². The van der Waals surface area contributed by atoms with Crippen LogP contribution >= 0.6 is 0 Å². The van der Waals surface area contributed by atoms with Crippen molar-refractivity contribution in [3.05, 3.63) is 42.1 Å². The lowest BCUT2D eigenvalue weighted by atomic mass is 9.79. The summed E-state index contributed by atoms with van der Waals surface area (Å²) in [5.41, 5.74) is 2.54. The van der Waals surface area contributed by atoms with Crippen molar-refractivity contribution in [3.8, 4) is 0 Å². The molecule has 2 nitrogen and oxygen atoms in total. The zero-order valence-corrected chi connectivity index (χ0v) is 12.3. The van der Waals surface area contributed by atoms with Crippen LogP contribution in [0.5, 0.6) is 0 Å². The lowest BCUT2D eigenvalue weighted by Gasteiger charge is -2.31. The molecule has 1 saturated carbocycles. The maximum Gasteiger partial charge on any atom is 0.0705 e. The SMILES string of the molecule is CCCNC(CC1CCC1)c1cccc2ncccc12. The van der Waals surface area contributed by atoms with Crippen molar-refractivity contribution in [1.82, 2.24) is 10.3 Å². The van der Waals surface area contributed by atoms with Crippen molar-refractivity contribution in [2.24, 2.45) is 5.92 Å². The van der Waals surface area contributed by atoms with Gasteiger partial charge in [0.2, 0.25) is 0 Å². The summed E-state index contributed by atoms with van der Waals surface area (Å²) in [5.74, 6) is 0.913. The number of aromatic nitrogens is 1. The molecule has 1 unspecified atom stereocenters. The van der Waals surface area contributed by atoms with E-state index in [4.69, 9.17) is 0 Å². The van der Waals surface area contributed by atoms with E-state index in [2.05, 4.69) is 41.5 Å². The van der Waals surface area contributed by atoms with Gasteiger partial charge in [0.1, 0.15) is 0 Å². The van der Waals surface area contributed by atoms with Crippen molar-refractivity contribution < 1.29 is 0 Å². The van der Waals surface area contributed by atoms with E-state index in [1.54, 1.807) is 0 Å². The van der Waals surface area contributed by atoms with E-state index in [1.807, 2.05) is 12.3 Å². The summed E-state index contributed by atoms with van der Waals surface area (Å²) in [6, 6.07) is 11.3. The van der Waals surface area contributed by atoms with E-state index >= 15 is 0 Å². The van der Waals surface area contributed by atoms with Gasteiger partial charge in [-0.15, -0.1) is 0 Å². The molecule has 1 N–H and O–H groups in total. The smallest absolute Gasteiger partial charge is 0.0705 e. The fourth-order valence-corrected chi connectivity index (χ4v) is 3.13. The summed E-state index contributed by atoms with van der Waals surface area (Å²) in [7, 11) is 0. The molecule has 1 aliphatic carbocycles. The first-order valence-corrected chi connectivity index (χ1v) is 7.95. The Morgan fingerprint density at radius 2 is 2.15 bits per heavy atom. The average Bonchev–Trinajstić information content (AvgIpc) is 2.45. The Morgan fingerprint density at radius 1 is 1.25 bits per heavy atom. The third-order valence-corrected chi connectivity index (χ3v) is 4.49. The minimum atomic E-state index is 0.480. The molecule has 0 bridgehead atoms. The Kier molecular flexibility index (Phi) is 4.31. The highest BCUT2D eigenvalue weighted by Crippen LogP contribution is 2.36.